The molecule has 0 unspecified atom stereocenters. The van der Waals surface area contributed by atoms with Gasteiger partial charge in [-0.15, -0.1) is 0 Å². The summed E-state index contributed by atoms with van der Waals surface area (Å²) in [5.41, 5.74) is 3.80. The Morgan fingerprint density at radius 2 is 1.87 bits per heavy atom. The highest BCUT2D eigenvalue weighted by Gasteiger charge is 2.41. The molecule has 3 heterocycles. The molecule has 1 aromatic carbocycles. The summed E-state index contributed by atoms with van der Waals surface area (Å²) in [4.78, 5) is 47.4. The molecule has 1 amide bonds. The Kier molecular flexibility index (Phi) is 9.27. The van der Waals surface area contributed by atoms with Gasteiger partial charge in [-0.3, -0.25) is 9.59 Å². The summed E-state index contributed by atoms with van der Waals surface area (Å²) in [7, 11) is 1.55. The zero-order valence-electron chi connectivity index (χ0n) is 22.4. The first-order chi connectivity index (χ1) is 18.3. The molecule has 1 aromatic rings. The number of hydrogen-bond donors (Lipinski definition) is 0. The van der Waals surface area contributed by atoms with E-state index in [2.05, 4.69) is 0 Å². The van der Waals surface area contributed by atoms with Crippen LogP contribution in [0.25, 0.3) is 0 Å². The predicted octanol–water partition coefficient (Wildman–Crippen LogP) is 3.95. The van der Waals surface area contributed by atoms with Crippen LogP contribution in [0.1, 0.15) is 50.3 Å². The summed E-state index contributed by atoms with van der Waals surface area (Å²) in [6.07, 6.45) is 1.61. The number of benzene rings is 1. The molecule has 9 nitrogen and oxygen atoms in total. The number of carbonyl (C=O) groups excluding carboxylic acids is 3. The molecule has 4 rings (SSSR count). The van der Waals surface area contributed by atoms with Gasteiger partial charge in [-0.1, -0.05) is 41.6 Å². The first kappa shape index (κ1) is 27.9. The van der Waals surface area contributed by atoms with E-state index in [1.807, 2.05) is 48.4 Å². The van der Waals surface area contributed by atoms with E-state index in [1.165, 1.54) is 11.8 Å². The summed E-state index contributed by atoms with van der Waals surface area (Å²) in [5.74, 6) is -1.07. The summed E-state index contributed by atoms with van der Waals surface area (Å²) in [5, 5.41) is 2.64. The van der Waals surface area contributed by atoms with Crippen molar-refractivity contribution < 1.29 is 28.6 Å². The fourth-order valence-corrected chi connectivity index (χ4v) is 5.88. The molecule has 1 saturated heterocycles. The molecule has 0 radical (unpaired) electrons. The largest absolute Gasteiger partial charge is 0.466 e. The first-order valence-electron chi connectivity index (χ1n) is 13.0. The third-order valence-corrected chi connectivity index (χ3v) is 7.75. The van der Waals surface area contributed by atoms with E-state index in [9.17, 15) is 14.4 Å². The Balaban J connectivity index is 1.58. The van der Waals surface area contributed by atoms with Crippen LogP contribution in [0.4, 0.5) is 0 Å². The molecule has 0 spiro atoms. The van der Waals surface area contributed by atoms with Crippen molar-refractivity contribution in [3.63, 3.8) is 0 Å². The Bertz CT molecular complexity index is 1160. The van der Waals surface area contributed by atoms with Crippen LogP contribution in [-0.2, 0) is 28.6 Å². The van der Waals surface area contributed by atoms with Gasteiger partial charge < -0.3 is 24.0 Å². The van der Waals surface area contributed by atoms with E-state index in [-0.39, 0.29) is 30.8 Å². The number of piperidine rings is 1. The molecule has 3 aliphatic rings. The fraction of sp³-hybridized carbons (Fsp3) is 0.500. The van der Waals surface area contributed by atoms with Crippen molar-refractivity contribution in [2.75, 3.05) is 40.0 Å². The summed E-state index contributed by atoms with van der Waals surface area (Å²) >= 11 is 1.44. The number of aryl methyl sites for hydroxylation is 1. The van der Waals surface area contributed by atoms with Crippen LogP contribution in [0.15, 0.2) is 51.6 Å². The maximum atomic E-state index is 13.4. The molecule has 0 saturated carbocycles. The van der Waals surface area contributed by atoms with Gasteiger partial charge >= 0.3 is 11.9 Å². The molecule has 10 heteroatoms. The highest BCUT2D eigenvalue weighted by Crippen LogP contribution is 2.45. The van der Waals surface area contributed by atoms with Gasteiger partial charge in [-0.2, -0.15) is 0 Å². The number of hydrogen-bond acceptors (Lipinski definition) is 9. The molecule has 3 aliphatic heterocycles. The molecule has 38 heavy (non-hydrogen) atoms. The SMILES string of the molecule is CCOC(=O)[C@H]1CCCN(C(=O)CC2=CSC3=NC(C)=C(C(=O)OCCOC)[C@H](c4ccc(C)cc4)N23)C1. The molecule has 204 valence electrons. The molecule has 0 bridgehead atoms. The smallest absolute Gasteiger partial charge is 0.338 e. The molecule has 0 aromatic heterocycles. The molecule has 1 fully saturated rings. The van der Waals surface area contributed by atoms with Gasteiger partial charge in [0.15, 0.2) is 5.17 Å². The number of aliphatic imine (C=N–C) groups is 1. The quantitative estimate of drug-likeness (QED) is 0.342. The Hall–Kier alpha value is -3.11. The van der Waals surface area contributed by atoms with Crippen molar-refractivity contribution in [2.45, 2.75) is 46.1 Å². The number of amidine groups is 1. The normalized spacial score (nSPS) is 21.1. The molecule has 2 atom stereocenters. The lowest BCUT2D eigenvalue weighted by Gasteiger charge is -2.37. The zero-order valence-corrected chi connectivity index (χ0v) is 23.2. The van der Waals surface area contributed by atoms with Crippen molar-refractivity contribution in [3.8, 4) is 0 Å². The highest BCUT2D eigenvalue weighted by atomic mass is 32.2. The maximum Gasteiger partial charge on any atom is 0.338 e. The van der Waals surface area contributed by atoms with Gasteiger partial charge in [0.05, 0.1) is 42.9 Å². The number of rotatable bonds is 9. The average molecular weight is 542 g/mol. The lowest BCUT2D eigenvalue weighted by Crippen LogP contribution is -2.44. The van der Waals surface area contributed by atoms with E-state index in [4.69, 9.17) is 19.2 Å². The number of amides is 1. The topological polar surface area (TPSA) is 97.7 Å². The third kappa shape index (κ3) is 6.13. The van der Waals surface area contributed by atoms with Crippen LogP contribution in [0.5, 0.6) is 0 Å². The second-order valence-electron chi connectivity index (χ2n) is 9.54. The Morgan fingerprint density at radius 3 is 2.58 bits per heavy atom. The lowest BCUT2D eigenvalue weighted by atomic mass is 9.93. The van der Waals surface area contributed by atoms with Crippen molar-refractivity contribution >= 4 is 34.8 Å². The number of ether oxygens (including phenoxy) is 3. The van der Waals surface area contributed by atoms with E-state index < -0.39 is 12.0 Å². The molecule has 0 aliphatic carbocycles. The minimum absolute atomic E-state index is 0.0646. The monoisotopic (exact) mass is 541 g/mol. The van der Waals surface area contributed by atoms with Gasteiger partial charge in [-0.05, 0) is 44.6 Å². The van der Waals surface area contributed by atoms with Gasteiger partial charge in [0.2, 0.25) is 5.91 Å². The molecular formula is C28H35N3O6S. The van der Waals surface area contributed by atoms with Crippen molar-refractivity contribution in [1.29, 1.82) is 0 Å². The molecule has 0 N–H and O–H groups in total. The average Bonchev–Trinajstić information content (AvgIpc) is 3.30. The summed E-state index contributed by atoms with van der Waals surface area (Å²) in [6.45, 7) is 7.33. The van der Waals surface area contributed by atoms with Crippen LogP contribution >= 0.6 is 11.8 Å². The number of nitrogens with zero attached hydrogens (tertiary/aromatic N) is 3. The van der Waals surface area contributed by atoms with E-state index in [0.717, 1.165) is 29.7 Å². The Morgan fingerprint density at radius 1 is 1.11 bits per heavy atom. The standard InChI is InChI=1S/C28H35N3O6S/c1-5-36-26(33)21-7-6-12-30(16-21)23(32)15-22-17-38-28-29-19(3)24(27(34)37-14-13-35-4)25(31(22)28)20-10-8-18(2)9-11-20/h8-11,17,21,25H,5-7,12-16H2,1-4H3/t21-,25-/m0/s1. The number of fused-ring (bicyclic) bond motifs is 1. The minimum atomic E-state index is -0.485. The van der Waals surface area contributed by atoms with Gasteiger partial charge in [-0.25, -0.2) is 9.79 Å². The summed E-state index contributed by atoms with van der Waals surface area (Å²) in [6, 6.07) is 7.52. The van der Waals surface area contributed by atoms with Crippen LogP contribution in [-0.4, -0.2) is 72.8 Å². The number of allylic oxidation sites excluding steroid dienone is 1. The van der Waals surface area contributed by atoms with Crippen LogP contribution in [0, 0.1) is 12.8 Å². The van der Waals surface area contributed by atoms with Crippen LogP contribution < -0.4 is 0 Å². The lowest BCUT2D eigenvalue weighted by molar-refractivity contribution is -0.151. The van der Waals surface area contributed by atoms with Crippen LogP contribution in [0.2, 0.25) is 0 Å². The number of methoxy groups -OCH3 is 1. The zero-order chi connectivity index (χ0) is 27.2. The maximum absolute atomic E-state index is 13.4. The first-order valence-corrected chi connectivity index (χ1v) is 13.8. The number of carbonyl (C=O) groups is 3. The van der Waals surface area contributed by atoms with Crippen molar-refractivity contribution in [1.82, 2.24) is 9.80 Å². The highest BCUT2D eigenvalue weighted by molar-refractivity contribution is 8.16. The van der Waals surface area contributed by atoms with Gasteiger partial charge in [0.25, 0.3) is 0 Å². The van der Waals surface area contributed by atoms with E-state index in [1.54, 1.807) is 18.9 Å². The second kappa shape index (κ2) is 12.6. The Labute approximate surface area is 227 Å². The van der Waals surface area contributed by atoms with E-state index in [0.29, 0.717) is 42.7 Å². The number of likely N-dealkylation sites (tertiary alicyclic amines) is 1. The van der Waals surface area contributed by atoms with Crippen molar-refractivity contribution in [3.05, 3.63) is 57.8 Å². The minimum Gasteiger partial charge on any atom is -0.466 e. The fourth-order valence-electron chi connectivity index (χ4n) is 4.91. The van der Waals surface area contributed by atoms with Gasteiger partial charge in [0, 0.05) is 25.9 Å². The predicted molar refractivity (Wildman–Crippen MR) is 145 cm³/mol. The third-order valence-electron chi connectivity index (χ3n) is 6.86. The van der Waals surface area contributed by atoms with Gasteiger partial charge in [0.1, 0.15) is 6.61 Å². The van der Waals surface area contributed by atoms with E-state index >= 15 is 0 Å². The van der Waals surface area contributed by atoms with Crippen LogP contribution in [0.3, 0.4) is 0 Å². The summed E-state index contributed by atoms with van der Waals surface area (Å²) < 4.78 is 15.8. The second-order valence-corrected chi connectivity index (χ2v) is 10.4. The van der Waals surface area contributed by atoms with Crippen molar-refractivity contribution in [2.24, 2.45) is 10.9 Å². The number of thioether (sulfide) groups is 1. The molecular weight excluding hydrogens is 506 g/mol. The number of esters is 2.